The topological polar surface area (TPSA) is 153 Å². The maximum absolute atomic E-state index is 11.1. The number of hydrogen-bond acceptors (Lipinski definition) is 9. The van der Waals surface area contributed by atoms with E-state index in [2.05, 4.69) is 75.8 Å². The summed E-state index contributed by atoms with van der Waals surface area (Å²) in [5.41, 5.74) is 5.54. The first-order chi connectivity index (χ1) is 28.3. The van der Waals surface area contributed by atoms with E-state index in [1.807, 2.05) is 72.8 Å². The number of amides is 4. The average molecular weight is 833 g/mol. The first-order valence-corrected chi connectivity index (χ1v) is 21.0. The van der Waals surface area contributed by atoms with Gasteiger partial charge in [0.25, 0.3) is 0 Å². The molecule has 0 aliphatic rings. The highest BCUT2D eigenvalue weighted by Gasteiger charge is 2.12. The van der Waals surface area contributed by atoms with Crippen molar-refractivity contribution in [3.05, 3.63) is 119 Å². The number of carbonyl (C=O) groups is 4. The van der Waals surface area contributed by atoms with E-state index in [9.17, 15) is 19.2 Å². The van der Waals surface area contributed by atoms with Crippen LogP contribution in [0.4, 0.5) is 19.2 Å². The van der Waals surface area contributed by atoms with Gasteiger partial charge in [-0.3, -0.25) is 0 Å². The Morgan fingerprint density at radius 2 is 0.949 bits per heavy atom. The molecule has 4 aromatic carbocycles. The van der Waals surface area contributed by atoms with Gasteiger partial charge in [-0.1, -0.05) is 109 Å². The van der Waals surface area contributed by atoms with Gasteiger partial charge in [-0.15, -0.1) is 0 Å². The van der Waals surface area contributed by atoms with Crippen molar-refractivity contribution in [2.24, 2.45) is 0 Å². The number of aryl methyl sites for hydroxylation is 2. The lowest BCUT2D eigenvalue weighted by Gasteiger charge is -2.13. The highest BCUT2D eigenvalue weighted by atomic mass is 32.2. The lowest BCUT2D eigenvalue weighted by atomic mass is 9.98. The van der Waals surface area contributed by atoms with Gasteiger partial charge in [0, 0.05) is 39.5 Å². The number of rotatable bonds is 12. The quantitative estimate of drug-likeness (QED) is 0.109. The van der Waals surface area contributed by atoms with Crippen LogP contribution in [0.1, 0.15) is 94.5 Å². The normalized spacial score (nSPS) is 10.4. The van der Waals surface area contributed by atoms with E-state index in [1.165, 1.54) is 11.1 Å². The Balaban J connectivity index is 0.000000393. The number of hydrogen-bond donors (Lipinski definition) is 4. The first kappa shape index (κ1) is 51.3. The predicted molar refractivity (Wildman–Crippen MR) is 239 cm³/mol. The lowest BCUT2D eigenvalue weighted by Crippen LogP contribution is -2.22. The highest BCUT2D eigenvalue weighted by Crippen LogP contribution is 2.29. The van der Waals surface area contributed by atoms with Crippen LogP contribution in [0.25, 0.3) is 0 Å². The number of para-hydroxylation sites is 3. The molecule has 0 aromatic heterocycles. The van der Waals surface area contributed by atoms with Crippen molar-refractivity contribution < 1.29 is 38.1 Å². The molecule has 0 fully saturated rings. The van der Waals surface area contributed by atoms with Crippen molar-refractivity contribution in [2.75, 3.05) is 33.9 Å². The van der Waals surface area contributed by atoms with E-state index in [-0.39, 0.29) is 0 Å². The minimum Gasteiger partial charge on any atom is -0.410 e. The molecule has 1 unspecified atom stereocenters. The fraction of sp³-hybridized carbons (Fsp3) is 0.391. The van der Waals surface area contributed by atoms with Crippen LogP contribution in [0, 0.1) is 0 Å². The number of carbonyl (C=O) groups excluding carboxylic acids is 4. The lowest BCUT2D eigenvalue weighted by molar-refractivity contribution is 0.201. The van der Waals surface area contributed by atoms with Crippen LogP contribution in [-0.4, -0.2) is 58.3 Å². The van der Waals surface area contributed by atoms with Crippen LogP contribution in [-0.2, 0) is 18.6 Å². The second kappa shape index (κ2) is 29.5. The Morgan fingerprint density at radius 3 is 1.39 bits per heavy atom. The highest BCUT2D eigenvalue weighted by molar-refractivity contribution is 7.98. The van der Waals surface area contributed by atoms with Gasteiger partial charge in [-0.25, -0.2) is 19.2 Å². The van der Waals surface area contributed by atoms with Gasteiger partial charge in [0.05, 0.1) is 0 Å². The monoisotopic (exact) mass is 832 g/mol. The van der Waals surface area contributed by atoms with Gasteiger partial charge in [-0.05, 0) is 89.4 Å². The summed E-state index contributed by atoms with van der Waals surface area (Å²) >= 11 is 1.80. The molecule has 0 bridgehead atoms. The Morgan fingerprint density at radius 1 is 0.542 bits per heavy atom. The Labute approximate surface area is 355 Å². The van der Waals surface area contributed by atoms with Gasteiger partial charge in [0.1, 0.15) is 23.0 Å². The molecule has 59 heavy (non-hydrogen) atoms. The van der Waals surface area contributed by atoms with Gasteiger partial charge in [0.2, 0.25) is 0 Å². The summed E-state index contributed by atoms with van der Waals surface area (Å²) in [7, 11) is 6.19. The molecule has 0 aliphatic carbocycles. The van der Waals surface area contributed by atoms with Crippen molar-refractivity contribution >= 4 is 36.1 Å². The molecular weight excluding hydrogens is 769 g/mol. The molecule has 4 amide bonds. The minimum absolute atomic E-state index is 0.343. The van der Waals surface area contributed by atoms with Crippen LogP contribution in [0.5, 0.6) is 23.0 Å². The molecule has 0 spiro atoms. The summed E-state index contributed by atoms with van der Waals surface area (Å²) < 4.78 is 20.5. The minimum atomic E-state index is -0.432. The third kappa shape index (κ3) is 20.0. The molecule has 0 aliphatic heterocycles. The maximum atomic E-state index is 11.1. The fourth-order valence-electron chi connectivity index (χ4n) is 4.99. The van der Waals surface area contributed by atoms with Crippen LogP contribution in [0.15, 0.2) is 91.0 Å². The van der Waals surface area contributed by atoms with Gasteiger partial charge in [-0.2, -0.15) is 11.8 Å². The van der Waals surface area contributed by atoms with E-state index in [1.54, 1.807) is 52.1 Å². The second-order valence-electron chi connectivity index (χ2n) is 13.0. The number of benzene rings is 4. The van der Waals surface area contributed by atoms with Crippen LogP contribution in [0.2, 0.25) is 0 Å². The molecule has 13 heteroatoms. The van der Waals surface area contributed by atoms with Crippen molar-refractivity contribution in [1.29, 1.82) is 0 Å². The molecule has 0 saturated heterocycles. The molecule has 0 heterocycles. The number of nitrogens with one attached hydrogen (secondary N) is 4. The van der Waals surface area contributed by atoms with E-state index in [0.717, 1.165) is 47.5 Å². The van der Waals surface area contributed by atoms with Crippen molar-refractivity contribution in [1.82, 2.24) is 21.3 Å². The Bertz CT molecular complexity index is 1850. The molecule has 4 aromatic rings. The second-order valence-corrected chi connectivity index (χ2v) is 14.3. The smallest absolute Gasteiger partial charge is 0.410 e. The van der Waals surface area contributed by atoms with Gasteiger partial charge < -0.3 is 40.2 Å². The van der Waals surface area contributed by atoms with Crippen LogP contribution >= 0.6 is 11.8 Å². The molecule has 4 N–H and O–H groups in total. The molecule has 0 saturated carbocycles. The zero-order valence-electron chi connectivity index (χ0n) is 36.5. The summed E-state index contributed by atoms with van der Waals surface area (Å²) in [6, 6.07) is 28.7. The largest absolute Gasteiger partial charge is 0.412 e. The third-order valence-electron chi connectivity index (χ3n) is 8.52. The van der Waals surface area contributed by atoms with E-state index < -0.39 is 24.4 Å². The van der Waals surface area contributed by atoms with Crippen LogP contribution < -0.4 is 40.2 Å². The molecule has 1 atom stereocenters. The zero-order valence-corrected chi connectivity index (χ0v) is 37.3. The number of thioether (sulfide) groups is 1. The molecule has 322 valence electrons. The maximum Gasteiger partial charge on any atom is 0.412 e. The summed E-state index contributed by atoms with van der Waals surface area (Å²) in [5, 5.41) is 9.71. The summed E-state index contributed by atoms with van der Waals surface area (Å²) in [4.78, 5) is 44.2. The summed E-state index contributed by atoms with van der Waals surface area (Å²) in [6.07, 6.45) is 1.20. The Kier molecular flexibility index (Phi) is 25.7. The summed E-state index contributed by atoms with van der Waals surface area (Å²) in [6.45, 7) is 14.6. The SMILES string of the molecule is CCC(C)c1ccccc1OC(=O)NC.CCSCc1ccccc1OC(=O)NC.CCc1cc(CC)cc(OC(=O)NC)c1.CNC(=O)Oc1ccccc1C(C)C. The van der Waals surface area contributed by atoms with Crippen molar-refractivity contribution in [3.8, 4) is 23.0 Å². The number of ether oxygens (including phenoxy) is 4. The fourth-order valence-corrected chi connectivity index (χ4v) is 5.65. The van der Waals surface area contributed by atoms with E-state index in [0.29, 0.717) is 34.8 Å². The van der Waals surface area contributed by atoms with E-state index >= 15 is 0 Å². The predicted octanol–water partition coefficient (Wildman–Crippen LogP) is 10.6. The molecular formula is C46H64N4O8S. The zero-order chi connectivity index (χ0) is 44.2. The summed E-state index contributed by atoms with van der Waals surface area (Å²) in [5.74, 6) is 5.18. The molecule has 4 rings (SSSR count). The molecule has 12 nitrogen and oxygen atoms in total. The first-order valence-electron chi connectivity index (χ1n) is 19.8. The Hall–Kier alpha value is -5.69. The van der Waals surface area contributed by atoms with E-state index in [4.69, 9.17) is 18.9 Å². The van der Waals surface area contributed by atoms with Gasteiger partial charge in [0.15, 0.2) is 0 Å². The van der Waals surface area contributed by atoms with Gasteiger partial charge >= 0.3 is 24.4 Å². The van der Waals surface area contributed by atoms with Crippen LogP contribution in [0.3, 0.4) is 0 Å². The third-order valence-corrected chi connectivity index (χ3v) is 9.44. The standard InChI is InChI=1S/2C12H17NO2.C11H15NO2S.C11H15NO2/c1-4-9(2)10-7-5-6-8-11(10)15-12(14)13-3;1-4-9-6-10(5-2)8-11(7-9)15-12(14)13-3;1-3-15-8-9-6-4-5-7-10(9)14-11(13)12-2;1-8(2)9-6-4-5-7-10(9)14-11(13)12-3/h5-9H,4H2,1-3H3,(H,13,14);6-8H,4-5H2,1-3H3,(H,13,14);4-7H,3,8H2,1-2H3,(H,12,13);4-8H,1-3H3,(H,12,13). The van der Waals surface area contributed by atoms with Crippen molar-refractivity contribution in [3.63, 3.8) is 0 Å². The average Bonchev–Trinajstić information content (AvgIpc) is 3.26. The van der Waals surface area contributed by atoms with Crippen molar-refractivity contribution in [2.45, 2.75) is 85.3 Å². The molecule has 0 radical (unpaired) electrons.